The summed E-state index contributed by atoms with van der Waals surface area (Å²) in [6.07, 6.45) is 0. The average molecular weight is 243 g/mol. The van der Waals surface area contributed by atoms with Gasteiger partial charge in [-0.05, 0) is 35.4 Å². The van der Waals surface area contributed by atoms with Gasteiger partial charge in [0.2, 0.25) is 0 Å². The molecule has 0 aliphatic carbocycles. The van der Waals surface area contributed by atoms with Crippen molar-refractivity contribution in [2.24, 2.45) is 5.73 Å². The predicted octanol–water partition coefficient (Wildman–Crippen LogP) is 2.17. The van der Waals surface area contributed by atoms with Crippen molar-refractivity contribution in [3.05, 3.63) is 48.0 Å². The number of rotatable bonds is 3. The molecule has 0 heterocycles. The maximum atomic E-state index is 11.1. The van der Waals surface area contributed by atoms with E-state index in [0.717, 1.165) is 16.9 Å². The first kappa shape index (κ1) is 12.0. The lowest BCUT2D eigenvalue weighted by molar-refractivity contribution is 0.0998. The Morgan fingerprint density at radius 3 is 2.28 bits per heavy atom. The number of benzene rings is 2. The fourth-order valence-corrected chi connectivity index (χ4v) is 1.70. The smallest absolute Gasteiger partial charge is 0.252 e. The van der Waals surface area contributed by atoms with Gasteiger partial charge in [0.05, 0.1) is 12.7 Å². The summed E-state index contributed by atoms with van der Waals surface area (Å²) in [5, 5.41) is 9.51. The second-order valence-electron chi connectivity index (χ2n) is 3.82. The first-order valence-electron chi connectivity index (χ1n) is 5.39. The molecule has 1 amide bonds. The molecule has 0 radical (unpaired) electrons. The summed E-state index contributed by atoms with van der Waals surface area (Å²) in [5.41, 5.74) is 7.03. The fourth-order valence-electron chi connectivity index (χ4n) is 1.70. The summed E-state index contributed by atoms with van der Waals surface area (Å²) >= 11 is 0. The number of phenols is 1. The van der Waals surface area contributed by atoms with Gasteiger partial charge in [-0.25, -0.2) is 0 Å². The molecule has 0 aliphatic rings. The summed E-state index contributed by atoms with van der Waals surface area (Å²) < 4.78 is 5.07. The number of carbonyl (C=O) groups is 1. The van der Waals surface area contributed by atoms with Crippen molar-refractivity contribution in [3.63, 3.8) is 0 Å². The van der Waals surface area contributed by atoms with Gasteiger partial charge in [-0.15, -0.1) is 0 Å². The highest BCUT2D eigenvalue weighted by Gasteiger charge is 2.09. The number of nitrogens with two attached hydrogens (primary N) is 1. The van der Waals surface area contributed by atoms with Crippen LogP contribution in [0, 0.1) is 0 Å². The third-order valence-corrected chi connectivity index (χ3v) is 2.69. The van der Waals surface area contributed by atoms with Crippen molar-refractivity contribution in [1.82, 2.24) is 0 Å². The third-order valence-electron chi connectivity index (χ3n) is 2.69. The molecule has 0 aromatic heterocycles. The second kappa shape index (κ2) is 4.79. The highest BCUT2D eigenvalue weighted by Crippen LogP contribution is 2.27. The number of hydrogen-bond acceptors (Lipinski definition) is 3. The Hall–Kier alpha value is -2.49. The Morgan fingerprint density at radius 1 is 1.11 bits per heavy atom. The lowest BCUT2D eigenvalue weighted by atomic mass is 10.0. The average Bonchev–Trinajstić information content (AvgIpc) is 2.39. The number of primary amides is 1. The number of ether oxygens (including phenoxy) is 1. The Balaban J connectivity index is 2.44. The predicted molar refractivity (Wildman–Crippen MR) is 68.6 cm³/mol. The van der Waals surface area contributed by atoms with Crippen LogP contribution in [0.5, 0.6) is 11.5 Å². The molecule has 0 bridgehead atoms. The van der Waals surface area contributed by atoms with E-state index in [1.54, 1.807) is 19.2 Å². The molecule has 0 fully saturated rings. The molecule has 0 saturated carbocycles. The molecular weight excluding hydrogens is 230 g/mol. The molecule has 2 aromatic carbocycles. The molecule has 0 saturated heterocycles. The van der Waals surface area contributed by atoms with Crippen LogP contribution in [0.1, 0.15) is 10.4 Å². The zero-order chi connectivity index (χ0) is 13.1. The molecule has 2 aromatic rings. The van der Waals surface area contributed by atoms with Gasteiger partial charge in [0.1, 0.15) is 11.5 Å². The first-order chi connectivity index (χ1) is 8.61. The van der Waals surface area contributed by atoms with E-state index in [2.05, 4.69) is 0 Å². The second-order valence-corrected chi connectivity index (χ2v) is 3.82. The minimum Gasteiger partial charge on any atom is -0.507 e. The molecule has 4 nitrogen and oxygen atoms in total. The van der Waals surface area contributed by atoms with Gasteiger partial charge in [0.25, 0.3) is 5.91 Å². The Bertz CT molecular complexity index is 576. The van der Waals surface area contributed by atoms with E-state index in [9.17, 15) is 9.90 Å². The Kier molecular flexibility index (Phi) is 3.19. The van der Waals surface area contributed by atoms with Crippen molar-refractivity contribution in [1.29, 1.82) is 0 Å². The SMILES string of the molecule is COc1ccc(-c2ccc(O)c(C(N)=O)c2)cc1. The molecule has 0 atom stereocenters. The molecular formula is C14H13NO3. The molecule has 18 heavy (non-hydrogen) atoms. The lowest BCUT2D eigenvalue weighted by Gasteiger charge is -2.06. The fraction of sp³-hybridized carbons (Fsp3) is 0.0714. The molecule has 92 valence electrons. The van der Waals surface area contributed by atoms with E-state index in [-0.39, 0.29) is 11.3 Å². The summed E-state index contributed by atoms with van der Waals surface area (Å²) in [6.45, 7) is 0. The van der Waals surface area contributed by atoms with E-state index in [4.69, 9.17) is 10.5 Å². The zero-order valence-electron chi connectivity index (χ0n) is 9.88. The van der Waals surface area contributed by atoms with E-state index in [1.807, 2.05) is 24.3 Å². The number of hydrogen-bond donors (Lipinski definition) is 2. The summed E-state index contributed by atoms with van der Waals surface area (Å²) in [5.74, 6) is -0.00437. The molecule has 4 heteroatoms. The van der Waals surface area contributed by atoms with Gasteiger partial charge in [0, 0.05) is 0 Å². The standard InChI is InChI=1S/C14H13NO3/c1-18-11-5-2-9(3-6-11)10-4-7-13(16)12(8-10)14(15)17/h2-8,16H,1H3,(H2,15,17). The number of amides is 1. The molecule has 0 unspecified atom stereocenters. The number of carbonyl (C=O) groups excluding carboxylic acids is 1. The van der Waals surface area contributed by atoms with Crippen LogP contribution in [0.4, 0.5) is 0 Å². The van der Waals surface area contributed by atoms with Gasteiger partial charge < -0.3 is 15.6 Å². The lowest BCUT2D eigenvalue weighted by Crippen LogP contribution is -2.11. The van der Waals surface area contributed by atoms with Gasteiger partial charge >= 0.3 is 0 Å². The molecule has 0 aliphatic heterocycles. The van der Waals surface area contributed by atoms with Gasteiger partial charge in [-0.3, -0.25) is 4.79 Å². The van der Waals surface area contributed by atoms with E-state index >= 15 is 0 Å². The van der Waals surface area contributed by atoms with Gasteiger partial charge in [0.15, 0.2) is 0 Å². The van der Waals surface area contributed by atoms with Crippen LogP contribution in [0.2, 0.25) is 0 Å². The van der Waals surface area contributed by atoms with Crippen molar-refractivity contribution in [3.8, 4) is 22.6 Å². The van der Waals surface area contributed by atoms with Crippen LogP contribution in [-0.4, -0.2) is 18.1 Å². The Morgan fingerprint density at radius 2 is 1.72 bits per heavy atom. The van der Waals surface area contributed by atoms with Crippen molar-refractivity contribution in [2.75, 3.05) is 7.11 Å². The summed E-state index contributed by atoms with van der Waals surface area (Å²) in [4.78, 5) is 11.1. The monoisotopic (exact) mass is 243 g/mol. The van der Waals surface area contributed by atoms with Crippen LogP contribution in [0.15, 0.2) is 42.5 Å². The minimum atomic E-state index is -0.650. The highest BCUT2D eigenvalue weighted by molar-refractivity contribution is 5.96. The summed E-state index contributed by atoms with van der Waals surface area (Å²) in [7, 11) is 1.60. The topological polar surface area (TPSA) is 72.6 Å². The quantitative estimate of drug-likeness (QED) is 0.867. The number of aromatic hydroxyl groups is 1. The highest BCUT2D eigenvalue weighted by atomic mass is 16.5. The van der Waals surface area contributed by atoms with E-state index < -0.39 is 5.91 Å². The normalized spacial score (nSPS) is 10.1. The van der Waals surface area contributed by atoms with Gasteiger partial charge in [-0.1, -0.05) is 18.2 Å². The maximum absolute atomic E-state index is 11.1. The van der Waals surface area contributed by atoms with Crippen LogP contribution in [0.25, 0.3) is 11.1 Å². The van der Waals surface area contributed by atoms with Crippen molar-refractivity contribution < 1.29 is 14.6 Å². The summed E-state index contributed by atoms with van der Waals surface area (Å²) in [6, 6.07) is 12.1. The van der Waals surface area contributed by atoms with Crippen LogP contribution < -0.4 is 10.5 Å². The number of methoxy groups -OCH3 is 1. The van der Waals surface area contributed by atoms with E-state index in [0.29, 0.717) is 0 Å². The molecule has 3 N–H and O–H groups in total. The maximum Gasteiger partial charge on any atom is 0.252 e. The van der Waals surface area contributed by atoms with Crippen LogP contribution in [-0.2, 0) is 0 Å². The first-order valence-corrected chi connectivity index (χ1v) is 5.39. The zero-order valence-corrected chi connectivity index (χ0v) is 9.88. The molecule has 0 spiro atoms. The van der Waals surface area contributed by atoms with Crippen molar-refractivity contribution >= 4 is 5.91 Å². The van der Waals surface area contributed by atoms with Crippen LogP contribution >= 0.6 is 0 Å². The van der Waals surface area contributed by atoms with Crippen molar-refractivity contribution in [2.45, 2.75) is 0 Å². The molecule has 2 rings (SSSR count). The third kappa shape index (κ3) is 2.27. The minimum absolute atomic E-state index is 0.111. The van der Waals surface area contributed by atoms with Crippen LogP contribution in [0.3, 0.4) is 0 Å². The Labute approximate surface area is 105 Å². The van der Waals surface area contributed by atoms with Gasteiger partial charge in [-0.2, -0.15) is 0 Å². The van der Waals surface area contributed by atoms with E-state index in [1.165, 1.54) is 6.07 Å². The largest absolute Gasteiger partial charge is 0.507 e.